The first-order chi connectivity index (χ1) is 9.49. The van der Waals surface area contributed by atoms with Gasteiger partial charge in [-0.05, 0) is 41.7 Å². The van der Waals surface area contributed by atoms with E-state index in [1.165, 1.54) is 5.56 Å². The third-order valence-electron chi connectivity index (χ3n) is 4.03. The van der Waals surface area contributed by atoms with Crippen LogP contribution >= 0.6 is 23.2 Å². The summed E-state index contributed by atoms with van der Waals surface area (Å²) < 4.78 is 0. The first-order valence-corrected chi connectivity index (χ1v) is 7.37. The number of fused-ring (bicyclic) bond motifs is 1. The Bertz CT molecular complexity index is 653. The maximum atomic E-state index is 6.21. The van der Waals surface area contributed by atoms with E-state index < -0.39 is 5.66 Å². The lowest BCUT2D eigenvalue weighted by atomic mass is 9.74. The van der Waals surface area contributed by atoms with Gasteiger partial charge in [0.05, 0.1) is 15.7 Å². The number of nitrogens with two attached hydrogens (primary N) is 2. The van der Waals surface area contributed by atoms with Gasteiger partial charge in [-0.15, -0.1) is 0 Å². The van der Waals surface area contributed by atoms with Crippen LogP contribution < -0.4 is 11.5 Å². The first kappa shape index (κ1) is 13.9. The van der Waals surface area contributed by atoms with Gasteiger partial charge in [-0.25, -0.2) is 0 Å². The molecule has 0 fully saturated rings. The lowest BCUT2D eigenvalue weighted by molar-refractivity contribution is 0.370. The Labute approximate surface area is 128 Å². The minimum Gasteiger partial charge on any atom is -0.310 e. The van der Waals surface area contributed by atoms with Crippen LogP contribution in [0, 0.1) is 0 Å². The van der Waals surface area contributed by atoms with Gasteiger partial charge < -0.3 is 11.5 Å². The molecule has 1 aliphatic rings. The van der Waals surface area contributed by atoms with E-state index >= 15 is 0 Å². The second-order valence-electron chi connectivity index (χ2n) is 5.39. The molecule has 2 nitrogen and oxygen atoms in total. The van der Waals surface area contributed by atoms with Crippen molar-refractivity contribution in [2.45, 2.75) is 24.4 Å². The van der Waals surface area contributed by atoms with Crippen molar-refractivity contribution in [2.75, 3.05) is 0 Å². The smallest absolute Gasteiger partial charge is 0.0902 e. The van der Waals surface area contributed by atoms with E-state index in [4.69, 9.17) is 34.7 Å². The monoisotopic (exact) mass is 306 g/mol. The van der Waals surface area contributed by atoms with Gasteiger partial charge in [-0.2, -0.15) is 0 Å². The van der Waals surface area contributed by atoms with Crippen molar-refractivity contribution in [3.63, 3.8) is 0 Å². The second kappa shape index (κ2) is 5.05. The van der Waals surface area contributed by atoms with Gasteiger partial charge in [0.2, 0.25) is 0 Å². The van der Waals surface area contributed by atoms with Crippen LogP contribution in [0.25, 0.3) is 0 Å². The first-order valence-electron chi connectivity index (χ1n) is 6.61. The van der Waals surface area contributed by atoms with E-state index in [2.05, 4.69) is 6.07 Å². The second-order valence-corrected chi connectivity index (χ2v) is 6.21. The SMILES string of the molecule is NC1(N)CCC(c2ccc(Cl)c(Cl)c2)c2ccccc21. The van der Waals surface area contributed by atoms with Crippen LogP contribution in [0.15, 0.2) is 42.5 Å². The molecule has 0 heterocycles. The molecule has 4 heteroatoms. The van der Waals surface area contributed by atoms with Crippen LogP contribution in [0.3, 0.4) is 0 Å². The van der Waals surface area contributed by atoms with Crippen LogP contribution in [-0.2, 0) is 5.66 Å². The van der Waals surface area contributed by atoms with Crippen molar-refractivity contribution in [2.24, 2.45) is 11.5 Å². The number of rotatable bonds is 1. The quantitative estimate of drug-likeness (QED) is 0.783. The topological polar surface area (TPSA) is 52.0 Å². The van der Waals surface area contributed by atoms with Gasteiger partial charge in [-0.3, -0.25) is 0 Å². The van der Waals surface area contributed by atoms with Gasteiger partial charge >= 0.3 is 0 Å². The minimum absolute atomic E-state index is 0.265. The molecule has 3 rings (SSSR count). The van der Waals surface area contributed by atoms with Crippen LogP contribution in [0.4, 0.5) is 0 Å². The molecule has 0 amide bonds. The third kappa shape index (κ3) is 2.33. The maximum absolute atomic E-state index is 6.21. The Morgan fingerprint density at radius 2 is 1.75 bits per heavy atom. The highest BCUT2D eigenvalue weighted by atomic mass is 35.5. The predicted molar refractivity (Wildman–Crippen MR) is 84.0 cm³/mol. The molecule has 0 spiro atoms. The van der Waals surface area contributed by atoms with Crippen molar-refractivity contribution >= 4 is 23.2 Å². The predicted octanol–water partition coefficient (Wildman–Crippen LogP) is 3.99. The van der Waals surface area contributed by atoms with E-state index in [0.717, 1.165) is 24.0 Å². The summed E-state index contributed by atoms with van der Waals surface area (Å²) in [6.45, 7) is 0. The summed E-state index contributed by atoms with van der Waals surface area (Å²) in [5.41, 5.74) is 15.0. The molecule has 104 valence electrons. The molecule has 1 aliphatic carbocycles. The molecular formula is C16H16Cl2N2. The Morgan fingerprint density at radius 3 is 2.50 bits per heavy atom. The molecule has 2 aromatic carbocycles. The van der Waals surface area contributed by atoms with Crippen LogP contribution in [0.5, 0.6) is 0 Å². The number of hydrogen-bond acceptors (Lipinski definition) is 2. The normalized spacial score (nSPS) is 20.5. The zero-order valence-corrected chi connectivity index (χ0v) is 12.5. The fourth-order valence-electron chi connectivity index (χ4n) is 2.97. The molecule has 20 heavy (non-hydrogen) atoms. The molecule has 2 aromatic rings. The number of halogens is 2. The highest BCUT2D eigenvalue weighted by Crippen LogP contribution is 2.42. The molecule has 0 aliphatic heterocycles. The largest absolute Gasteiger partial charge is 0.310 e. The van der Waals surface area contributed by atoms with E-state index in [1.54, 1.807) is 0 Å². The average Bonchev–Trinajstić information content (AvgIpc) is 2.43. The lowest BCUT2D eigenvalue weighted by Crippen LogP contribution is -2.49. The molecule has 0 aromatic heterocycles. The van der Waals surface area contributed by atoms with Gasteiger partial charge in [-0.1, -0.05) is 53.5 Å². The maximum Gasteiger partial charge on any atom is 0.0902 e. The summed E-state index contributed by atoms with van der Waals surface area (Å²) in [6, 6.07) is 13.9. The molecule has 1 unspecified atom stereocenters. The molecule has 0 saturated carbocycles. The molecule has 0 saturated heterocycles. The van der Waals surface area contributed by atoms with Crippen LogP contribution in [0.1, 0.15) is 35.4 Å². The Balaban J connectivity index is 2.10. The van der Waals surface area contributed by atoms with Crippen molar-refractivity contribution in [1.29, 1.82) is 0 Å². The lowest BCUT2D eigenvalue weighted by Gasteiger charge is -2.36. The van der Waals surface area contributed by atoms with Gasteiger partial charge in [0.15, 0.2) is 0 Å². The highest BCUT2D eigenvalue weighted by Gasteiger charge is 2.34. The summed E-state index contributed by atoms with van der Waals surface area (Å²) in [7, 11) is 0. The summed E-state index contributed by atoms with van der Waals surface area (Å²) >= 11 is 12.1. The van der Waals surface area contributed by atoms with E-state index in [0.29, 0.717) is 10.0 Å². The zero-order chi connectivity index (χ0) is 14.3. The van der Waals surface area contributed by atoms with Crippen molar-refractivity contribution in [3.8, 4) is 0 Å². The van der Waals surface area contributed by atoms with Crippen LogP contribution in [0.2, 0.25) is 10.0 Å². The van der Waals surface area contributed by atoms with Crippen LogP contribution in [-0.4, -0.2) is 0 Å². The van der Waals surface area contributed by atoms with Gasteiger partial charge in [0, 0.05) is 5.92 Å². The minimum atomic E-state index is -0.747. The molecule has 1 atom stereocenters. The zero-order valence-electron chi connectivity index (χ0n) is 10.9. The highest BCUT2D eigenvalue weighted by molar-refractivity contribution is 6.42. The van der Waals surface area contributed by atoms with Gasteiger partial charge in [0.1, 0.15) is 0 Å². The molecular weight excluding hydrogens is 291 g/mol. The third-order valence-corrected chi connectivity index (χ3v) is 4.77. The van der Waals surface area contributed by atoms with Crippen molar-refractivity contribution in [3.05, 3.63) is 69.2 Å². The summed E-state index contributed by atoms with van der Waals surface area (Å²) in [4.78, 5) is 0. The van der Waals surface area contributed by atoms with Crippen molar-refractivity contribution in [1.82, 2.24) is 0 Å². The van der Waals surface area contributed by atoms with Crippen molar-refractivity contribution < 1.29 is 0 Å². The number of benzene rings is 2. The Kier molecular flexibility index (Phi) is 3.51. The molecule has 0 radical (unpaired) electrons. The fraction of sp³-hybridized carbons (Fsp3) is 0.250. The number of hydrogen-bond donors (Lipinski definition) is 2. The summed E-state index contributed by atoms with van der Waals surface area (Å²) in [5, 5.41) is 1.16. The summed E-state index contributed by atoms with van der Waals surface area (Å²) in [5.74, 6) is 0.265. The Hall–Kier alpha value is -1.06. The van der Waals surface area contributed by atoms with E-state index in [1.807, 2.05) is 36.4 Å². The van der Waals surface area contributed by atoms with E-state index in [9.17, 15) is 0 Å². The fourth-order valence-corrected chi connectivity index (χ4v) is 3.28. The molecule has 0 bridgehead atoms. The standard InChI is InChI=1S/C16H16Cl2N2/c17-14-6-5-10(9-15(14)18)11-7-8-16(19,20)13-4-2-1-3-12(11)13/h1-6,9,11H,7-8,19-20H2. The Morgan fingerprint density at radius 1 is 1.00 bits per heavy atom. The summed E-state index contributed by atoms with van der Waals surface area (Å²) in [6.07, 6.45) is 1.65. The van der Waals surface area contributed by atoms with E-state index in [-0.39, 0.29) is 5.92 Å². The van der Waals surface area contributed by atoms with Gasteiger partial charge in [0.25, 0.3) is 0 Å². The average molecular weight is 307 g/mol. The molecule has 4 N–H and O–H groups in total.